The van der Waals surface area contributed by atoms with Crippen LogP contribution in [0.4, 0.5) is 0 Å². The lowest BCUT2D eigenvalue weighted by Crippen LogP contribution is -2.51. The van der Waals surface area contributed by atoms with Gasteiger partial charge in [-0.25, -0.2) is 4.79 Å². The molecule has 4 aliphatic carbocycles. The molecule has 67 heavy (non-hydrogen) atoms. The zero-order valence-electron chi connectivity index (χ0n) is 42.7. The normalized spacial score (nSPS) is 26.0. The zero-order chi connectivity index (χ0) is 47.2. The molecule has 0 unspecified atom stereocenters. The van der Waals surface area contributed by atoms with E-state index in [4.69, 9.17) is 18.9 Å². The number of ether oxygens (including phenoxy) is 4. The predicted molar refractivity (Wildman–Crippen MR) is 275 cm³/mol. The Balaban J connectivity index is 0.730. The second-order valence-corrected chi connectivity index (χ2v) is 22.6. The van der Waals surface area contributed by atoms with E-state index in [9.17, 15) is 9.59 Å². The fourth-order valence-electron chi connectivity index (χ4n) is 13.5. The number of allylic oxidation sites excluding steroid dienone is 1. The maximum atomic E-state index is 13.0. The Labute approximate surface area is 406 Å². The molecule has 0 aliphatic heterocycles. The minimum atomic E-state index is -0.386. The van der Waals surface area contributed by atoms with Crippen molar-refractivity contribution in [2.45, 2.75) is 202 Å². The van der Waals surface area contributed by atoms with Crippen LogP contribution in [0, 0.1) is 46.3 Å². The van der Waals surface area contributed by atoms with E-state index in [-0.39, 0.29) is 18.0 Å². The average Bonchev–Trinajstić information content (AvgIpc) is 3.68. The van der Waals surface area contributed by atoms with Crippen LogP contribution in [-0.2, 0) is 9.53 Å². The first kappa shape index (κ1) is 51.1. The number of carbonyl (C=O) groups is 2. The summed E-state index contributed by atoms with van der Waals surface area (Å²) in [5.41, 5.74) is 2.93. The van der Waals surface area contributed by atoms with Gasteiger partial charge in [-0.05, 0) is 170 Å². The minimum Gasteiger partial charge on any atom is -0.494 e. The van der Waals surface area contributed by atoms with E-state index in [0.717, 1.165) is 109 Å². The first-order chi connectivity index (χ1) is 32.5. The number of rotatable bonds is 26. The number of carbonyl (C=O) groups excluding carboxylic acids is 2. The predicted octanol–water partition coefficient (Wildman–Crippen LogP) is 16.9. The highest BCUT2D eigenvalue weighted by atomic mass is 16.5. The number of hydrogen-bond acceptors (Lipinski definition) is 6. The van der Waals surface area contributed by atoms with Gasteiger partial charge >= 0.3 is 11.9 Å². The van der Waals surface area contributed by atoms with Crippen LogP contribution < -0.4 is 14.2 Å². The third-order valence-corrected chi connectivity index (χ3v) is 17.5. The van der Waals surface area contributed by atoms with Crippen molar-refractivity contribution in [2.24, 2.45) is 46.3 Å². The van der Waals surface area contributed by atoms with Crippen molar-refractivity contribution in [3.8, 4) is 17.2 Å². The molecule has 3 saturated carbocycles. The summed E-state index contributed by atoms with van der Waals surface area (Å²) in [4.78, 5) is 25.9. The average molecular weight is 917 g/mol. The second-order valence-electron chi connectivity index (χ2n) is 22.6. The first-order valence-electron chi connectivity index (χ1n) is 27.5. The van der Waals surface area contributed by atoms with Crippen LogP contribution in [0.15, 0.2) is 72.3 Å². The van der Waals surface area contributed by atoms with Crippen molar-refractivity contribution in [1.29, 1.82) is 0 Å². The van der Waals surface area contributed by atoms with Gasteiger partial charge in [0.25, 0.3) is 0 Å². The summed E-state index contributed by atoms with van der Waals surface area (Å²) in [5, 5.41) is 2.03. The van der Waals surface area contributed by atoms with Gasteiger partial charge < -0.3 is 18.9 Å². The second kappa shape index (κ2) is 24.7. The van der Waals surface area contributed by atoms with Gasteiger partial charge in [0.15, 0.2) is 0 Å². The quantitative estimate of drug-likeness (QED) is 0.0346. The summed E-state index contributed by atoms with van der Waals surface area (Å²) in [6.07, 6.45) is 31.2. The lowest BCUT2D eigenvalue weighted by Gasteiger charge is -2.58. The molecular formula is C61H88O6. The summed E-state index contributed by atoms with van der Waals surface area (Å²) in [5.74, 6) is 6.87. The molecule has 0 bridgehead atoms. The molecular weight excluding hydrogens is 829 g/mol. The largest absolute Gasteiger partial charge is 0.494 e. The van der Waals surface area contributed by atoms with Crippen LogP contribution in [0.5, 0.6) is 17.2 Å². The van der Waals surface area contributed by atoms with Crippen molar-refractivity contribution in [1.82, 2.24) is 0 Å². The van der Waals surface area contributed by atoms with Crippen LogP contribution in [0.1, 0.15) is 206 Å². The van der Waals surface area contributed by atoms with Crippen LogP contribution in [-0.4, -0.2) is 31.3 Å². The Kier molecular flexibility index (Phi) is 18.8. The Morgan fingerprint density at radius 1 is 0.657 bits per heavy atom. The molecule has 8 atom stereocenters. The van der Waals surface area contributed by atoms with Crippen LogP contribution in [0.25, 0.3) is 10.8 Å². The molecule has 6 heteroatoms. The van der Waals surface area contributed by atoms with E-state index in [1.807, 2.05) is 48.5 Å². The maximum Gasteiger partial charge on any atom is 0.343 e. The summed E-state index contributed by atoms with van der Waals surface area (Å²) < 4.78 is 23.8. The molecule has 0 saturated heterocycles. The summed E-state index contributed by atoms with van der Waals surface area (Å²) in [6.45, 7) is 16.2. The van der Waals surface area contributed by atoms with E-state index in [1.165, 1.54) is 96.3 Å². The molecule has 368 valence electrons. The van der Waals surface area contributed by atoms with Gasteiger partial charge in [-0.2, -0.15) is 0 Å². The standard InChI is InChI=1S/C61H88O6/c1-7-8-9-14-17-39-64-50-28-23-46(24-29-50)59(63)67-52-31-26-47-41-51(30-25-48(47)42-52)65-40-18-15-12-10-11-13-16-22-58(62)66-53-35-37-60(5)49(43-53)27-32-54-56-34-33-55(45(4)21-19-20-44(2)3)61(56,6)38-36-57(54)60/h23-31,41-42,44-45,53-57H,7-22,32-40,43H2,1-6H3/t45-,53+,54+,55-,56+,57+,60+,61-/m1/s1. The van der Waals surface area contributed by atoms with Gasteiger partial charge in [0, 0.05) is 12.8 Å². The van der Waals surface area contributed by atoms with Crippen molar-refractivity contribution < 1.29 is 28.5 Å². The molecule has 3 aromatic carbocycles. The fraction of sp³-hybridized carbons (Fsp3) is 0.672. The van der Waals surface area contributed by atoms with Gasteiger partial charge in [0.05, 0.1) is 18.8 Å². The van der Waals surface area contributed by atoms with Crippen molar-refractivity contribution in [3.63, 3.8) is 0 Å². The Morgan fingerprint density at radius 2 is 1.30 bits per heavy atom. The van der Waals surface area contributed by atoms with Crippen LogP contribution in [0.2, 0.25) is 0 Å². The van der Waals surface area contributed by atoms with Crippen molar-refractivity contribution in [3.05, 3.63) is 77.9 Å². The van der Waals surface area contributed by atoms with E-state index in [0.29, 0.717) is 41.8 Å². The Bertz CT molecular complexity index is 2050. The highest BCUT2D eigenvalue weighted by Gasteiger charge is 2.59. The molecule has 6 nitrogen and oxygen atoms in total. The number of unbranched alkanes of at least 4 members (excludes halogenated alkanes) is 10. The lowest BCUT2D eigenvalue weighted by atomic mass is 9.47. The summed E-state index contributed by atoms with van der Waals surface area (Å²) >= 11 is 0. The number of esters is 2. The fourth-order valence-corrected chi connectivity index (χ4v) is 13.5. The molecule has 3 aromatic rings. The molecule has 4 aliphatic rings. The topological polar surface area (TPSA) is 71.1 Å². The number of fused-ring (bicyclic) bond motifs is 6. The molecule has 0 amide bonds. The molecule has 0 radical (unpaired) electrons. The van der Waals surface area contributed by atoms with E-state index in [1.54, 1.807) is 17.7 Å². The minimum absolute atomic E-state index is 0.0110. The number of benzene rings is 3. The summed E-state index contributed by atoms with van der Waals surface area (Å²) in [6, 6.07) is 18.9. The molecule has 0 aromatic heterocycles. The first-order valence-corrected chi connectivity index (χ1v) is 27.5. The zero-order valence-corrected chi connectivity index (χ0v) is 42.7. The van der Waals surface area contributed by atoms with Gasteiger partial charge in [-0.1, -0.05) is 142 Å². The Hall–Kier alpha value is -3.80. The smallest absolute Gasteiger partial charge is 0.343 e. The van der Waals surface area contributed by atoms with Crippen molar-refractivity contribution in [2.75, 3.05) is 13.2 Å². The van der Waals surface area contributed by atoms with E-state index in [2.05, 4.69) is 47.6 Å². The monoisotopic (exact) mass is 917 g/mol. The lowest BCUT2D eigenvalue weighted by molar-refractivity contribution is -0.151. The molecule has 0 spiro atoms. The molecule has 0 N–H and O–H groups in total. The summed E-state index contributed by atoms with van der Waals surface area (Å²) in [7, 11) is 0. The Morgan fingerprint density at radius 3 is 2.01 bits per heavy atom. The van der Waals surface area contributed by atoms with Gasteiger partial charge in [0.2, 0.25) is 0 Å². The van der Waals surface area contributed by atoms with Crippen molar-refractivity contribution >= 4 is 22.7 Å². The maximum absolute atomic E-state index is 13.0. The van der Waals surface area contributed by atoms with E-state index < -0.39 is 0 Å². The number of hydrogen-bond donors (Lipinski definition) is 0. The van der Waals surface area contributed by atoms with Gasteiger partial charge in [0.1, 0.15) is 23.4 Å². The van der Waals surface area contributed by atoms with Crippen LogP contribution in [0.3, 0.4) is 0 Å². The molecule has 3 fully saturated rings. The van der Waals surface area contributed by atoms with Crippen LogP contribution >= 0.6 is 0 Å². The van der Waals surface area contributed by atoms with E-state index >= 15 is 0 Å². The SMILES string of the molecule is CCCCCCCOc1ccc(C(=O)Oc2ccc3cc(OCCCCCCCCCC(=O)O[C@H]4CC[C@@]5(C)C(=CC[C@H]6[C@@H]7CC[C@H]([C@H](C)CCCC(C)C)[C@@]7(C)CC[C@@H]65)C4)ccc3c2)cc1. The highest BCUT2D eigenvalue weighted by molar-refractivity contribution is 5.92. The molecule has 7 rings (SSSR count). The third-order valence-electron chi connectivity index (χ3n) is 17.5. The van der Waals surface area contributed by atoms with Gasteiger partial charge in [-0.15, -0.1) is 0 Å². The highest BCUT2D eigenvalue weighted by Crippen LogP contribution is 2.67. The molecule has 0 heterocycles. The van der Waals surface area contributed by atoms with Gasteiger partial charge in [-0.3, -0.25) is 4.79 Å². The third kappa shape index (κ3) is 13.5.